The summed E-state index contributed by atoms with van der Waals surface area (Å²) in [6.07, 6.45) is 5.09. The predicted molar refractivity (Wildman–Crippen MR) is 95.4 cm³/mol. The minimum Gasteiger partial charge on any atom is -0.389 e. The second-order valence-corrected chi connectivity index (χ2v) is 6.93. The first-order valence-corrected chi connectivity index (χ1v) is 9.02. The third kappa shape index (κ3) is 4.87. The van der Waals surface area contributed by atoms with Gasteiger partial charge in [0.05, 0.1) is 6.10 Å². The molecule has 1 aliphatic heterocycles. The SMILES string of the molecule is CCSc1cccc(NCCC2CCCCO2)c1C(N)=S. The Morgan fingerprint density at radius 3 is 3.00 bits per heavy atom. The first kappa shape index (κ1) is 16.6. The van der Waals surface area contributed by atoms with Crippen LogP contribution in [0.15, 0.2) is 23.1 Å². The average molecular weight is 325 g/mol. The van der Waals surface area contributed by atoms with Crippen molar-refractivity contribution in [3.63, 3.8) is 0 Å². The van der Waals surface area contributed by atoms with Gasteiger partial charge in [-0.1, -0.05) is 25.2 Å². The molecular formula is C16H24N2OS2. The Hall–Kier alpha value is -0.780. The monoisotopic (exact) mass is 324 g/mol. The van der Waals surface area contributed by atoms with Gasteiger partial charge in [0.2, 0.25) is 0 Å². The number of anilines is 1. The number of rotatable bonds is 7. The summed E-state index contributed by atoms with van der Waals surface area (Å²) in [5, 5.41) is 3.48. The highest BCUT2D eigenvalue weighted by atomic mass is 32.2. The number of thiocarbonyl (C=S) groups is 1. The fourth-order valence-electron chi connectivity index (χ4n) is 2.61. The van der Waals surface area contributed by atoms with Gasteiger partial charge in [-0.2, -0.15) is 0 Å². The Bertz CT molecular complexity index is 473. The van der Waals surface area contributed by atoms with E-state index >= 15 is 0 Å². The Morgan fingerprint density at radius 2 is 2.33 bits per heavy atom. The molecule has 3 nitrogen and oxygen atoms in total. The molecule has 0 radical (unpaired) electrons. The highest BCUT2D eigenvalue weighted by Crippen LogP contribution is 2.28. The van der Waals surface area contributed by atoms with Crippen LogP contribution in [0.4, 0.5) is 5.69 Å². The van der Waals surface area contributed by atoms with Crippen molar-refractivity contribution in [1.29, 1.82) is 0 Å². The molecule has 0 aliphatic carbocycles. The van der Waals surface area contributed by atoms with E-state index in [4.69, 9.17) is 22.7 Å². The fraction of sp³-hybridized carbons (Fsp3) is 0.562. The summed E-state index contributed by atoms with van der Waals surface area (Å²) in [5.41, 5.74) is 7.93. The first-order chi connectivity index (χ1) is 10.2. The van der Waals surface area contributed by atoms with Gasteiger partial charge in [-0.3, -0.25) is 0 Å². The molecule has 1 unspecified atom stereocenters. The van der Waals surface area contributed by atoms with Crippen LogP contribution in [0.25, 0.3) is 0 Å². The molecule has 1 saturated heterocycles. The van der Waals surface area contributed by atoms with E-state index < -0.39 is 0 Å². The summed E-state index contributed by atoms with van der Waals surface area (Å²) in [6.45, 7) is 3.93. The summed E-state index contributed by atoms with van der Waals surface area (Å²) in [6, 6.07) is 6.19. The number of nitrogens with one attached hydrogen (secondary N) is 1. The van der Waals surface area contributed by atoms with Crippen molar-refractivity contribution in [3.05, 3.63) is 23.8 Å². The van der Waals surface area contributed by atoms with Crippen LogP contribution in [0, 0.1) is 0 Å². The van der Waals surface area contributed by atoms with Gasteiger partial charge in [0, 0.05) is 29.3 Å². The molecule has 0 spiro atoms. The number of hydrogen-bond donors (Lipinski definition) is 2. The standard InChI is InChI=1S/C16H24N2OS2/c1-2-21-14-8-5-7-13(15(14)16(17)20)18-10-9-12-6-3-4-11-19-12/h5,7-8,12,18H,2-4,6,9-11H2,1H3,(H2,17,20). The quantitative estimate of drug-likeness (QED) is 0.590. The Balaban J connectivity index is 1.98. The van der Waals surface area contributed by atoms with E-state index in [0.717, 1.165) is 41.5 Å². The van der Waals surface area contributed by atoms with Crippen LogP contribution in [-0.2, 0) is 4.74 Å². The Kier molecular flexibility index (Phi) is 6.80. The second kappa shape index (κ2) is 8.61. The molecule has 0 bridgehead atoms. The van der Waals surface area contributed by atoms with Gasteiger partial charge in [-0.05, 0) is 43.6 Å². The molecule has 1 aliphatic rings. The van der Waals surface area contributed by atoms with E-state index in [1.165, 1.54) is 19.3 Å². The number of benzene rings is 1. The Morgan fingerprint density at radius 1 is 1.48 bits per heavy atom. The molecule has 116 valence electrons. The molecule has 1 fully saturated rings. The number of thioether (sulfide) groups is 1. The van der Waals surface area contributed by atoms with Crippen LogP contribution in [0.3, 0.4) is 0 Å². The van der Waals surface area contributed by atoms with Crippen LogP contribution in [0.5, 0.6) is 0 Å². The van der Waals surface area contributed by atoms with E-state index in [-0.39, 0.29) is 0 Å². The van der Waals surface area contributed by atoms with Crippen molar-refractivity contribution in [3.8, 4) is 0 Å². The lowest BCUT2D eigenvalue weighted by atomic mass is 10.1. The van der Waals surface area contributed by atoms with E-state index in [1.807, 2.05) is 0 Å². The van der Waals surface area contributed by atoms with Crippen molar-refractivity contribution >= 4 is 34.7 Å². The highest BCUT2D eigenvalue weighted by Gasteiger charge is 2.14. The van der Waals surface area contributed by atoms with Gasteiger partial charge >= 0.3 is 0 Å². The minimum absolute atomic E-state index is 0.396. The lowest BCUT2D eigenvalue weighted by Gasteiger charge is -2.23. The maximum atomic E-state index is 5.91. The lowest BCUT2D eigenvalue weighted by Crippen LogP contribution is -2.22. The lowest BCUT2D eigenvalue weighted by molar-refractivity contribution is 0.0134. The molecule has 0 saturated carbocycles. The highest BCUT2D eigenvalue weighted by molar-refractivity contribution is 7.99. The van der Waals surface area contributed by atoms with Gasteiger partial charge < -0.3 is 15.8 Å². The minimum atomic E-state index is 0.396. The van der Waals surface area contributed by atoms with Crippen molar-refractivity contribution in [2.75, 3.05) is 24.2 Å². The van der Waals surface area contributed by atoms with Crippen molar-refractivity contribution in [2.45, 2.75) is 43.6 Å². The molecule has 5 heteroatoms. The molecule has 3 N–H and O–H groups in total. The van der Waals surface area contributed by atoms with Crippen LogP contribution in [0.2, 0.25) is 0 Å². The van der Waals surface area contributed by atoms with Crippen molar-refractivity contribution in [1.82, 2.24) is 0 Å². The van der Waals surface area contributed by atoms with Crippen LogP contribution in [-0.4, -0.2) is 30.0 Å². The normalized spacial score (nSPS) is 18.4. The molecule has 0 aromatic heterocycles. The summed E-state index contributed by atoms with van der Waals surface area (Å²) < 4.78 is 5.76. The third-order valence-electron chi connectivity index (χ3n) is 3.63. The molecular weight excluding hydrogens is 300 g/mol. The molecule has 2 rings (SSSR count). The number of hydrogen-bond acceptors (Lipinski definition) is 4. The zero-order chi connectivity index (χ0) is 15.1. The molecule has 1 aromatic rings. The second-order valence-electron chi connectivity index (χ2n) is 5.18. The molecule has 1 atom stereocenters. The van der Waals surface area contributed by atoms with E-state index in [2.05, 4.69) is 30.4 Å². The maximum absolute atomic E-state index is 5.91. The smallest absolute Gasteiger partial charge is 0.107 e. The van der Waals surface area contributed by atoms with Crippen LogP contribution >= 0.6 is 24.0 Å². The van der Waals surface area contributed by atoms with Gasteiger partial charge in [0.25, 0.3) is 0 Å². The Labute approximate surface area is 137 Å². The summed E-state index contributed by atoms with van der Waals surface area (Å²) >= 11 is 7.00. The van der Waals surface area contributed by atoms with Gasteiger partial charge in [-0.25, -0.2) is 0 Å². The van der Waals surface area contributed by atoms with E-state index in [9.17, 15) is 0 Å². The van der Waals surface area contributed by atoms with Crippen LogP contribution < -0.4 is 11.1 Å². The van der Waals surface area contributed by atoms with Gasteiger partial charge in [-0.15, -0.1) is 11.8 Å². The number of ether oxygens (including phenoxy) is 1. The first-order valence-electron chi connectivity index (χ1n) is 7.63. The molecule has 21 heavy (non-hydrogen) atoms. The topological polar surface area (TPSA) is 47.3 Å². The molecule has 1 aromatic carbocycles. The van der Waals surface area contributed by atoms with Gasteiger partial charge in [0.1, 0.15) is 4.99 Å². The third-order valence-corrected chi connectivity index (χ3v) is 4.77. The predicted octanol–water partition coefficient (Wildman–Crippen LogP) is 3.80. The van der Waals surface area contributed by atoms with E-state index in [1.54, 1.807) is 11.8 Å². The zero-order valence-electron chi connectivity index (χ0n) is 12.6. The van der Waals surface area contributed by atoms with Crippen molar-refractivity contribution in [2.24, 2.45) is 5.73 Å². The summed E-state index contributed by atoms with van der Waals surface area (Å²) in [4.78, 5) is 1.62. The summed E-state index contributed by atoms with van der Waals surface area (Å²) in [5.74, 6) is 1.01. The average Bonchev–Trinajstić information content (AvgIpc) is 2.48. The van der Waals surface area contributed by atoms with Crippen molar-refractivity contribution < 1.29 is 4.74 Å². The number of nitrogens with two attached hydrogens (primary N) is 1. The van der Waals surface area contributed by atoms with E-state index in [0.29, 0.717) is 11.1 Å². The molecule has 1 heterocycles. The summed E-state index contributed by atoms with van der Waals surface area (Å²) in [7, 11) is 0. The fourth-order valence-corrected chi connectivity index (χ4v) is 3.75. The molecule has 0 amide bonds. The maximum Gasteiger partial charge on any atom is 0.107 e. The van der Waals surface area contributed by atoms with Gasteiger partial charge in [0.15, 0.2) is 0 Å². The largest absolute Gasteiger partial charge is 0.389 e. The zero-order valence-corrected chi connectivity index (χ0v) is 14.2. The van der Waals surface area contributed by atoms with Crippen LogP contribution in [0.1, 0.15) is 38.2 Å².